The Morgan fingerprint density at radius 1 is 1.32 bits per heavy atom. The number of rotatable bonds is 4. The fraction of sp³-hybridized carbons (Fsp3) is 0.400. The number of fused-ring (bicyclic) bond motifs is 1. The van der Waals surface area contributed by atoms with Gasteiger partial charge in [0.1, 0.15) is 0 Å². The van der Waals surface area contributed by atoms with Gasteiger partial charge in [0.05, 0.1) is 10.5 Å². The quantitative estimate of drug-likeness (QED) is 0.811. The van der Waals surface area contributed by atoms with E-state index in [2.05, 4.69) is 48.1 Å². The second kappa shape index (κ2) is 6.10. The van der Waals surface area contributed by atoms with Crippen molar-refractivity contribution in [3.05, 3.63) is 32.9 Å². The van der Waals surface area contributed by atoms with Gasteiger partial charge in [0.2, 0.25) is 0 Å². The van der Waals surface area contributed by atoms with Gasteiger partial charge in [-0.05, 0) is 37.5 Å². The van der Waals surface area contributed by atoms with Crippen molar-refractivity contribution in [3.8, 4) is 0 Å². The highest BCUT2D eigenvalue weighted by Gasteiger charge is 2.13. The standard InChI is InChI=1S/C15H18BrClN2/c1-4-6-18-14-9(3)13(5-2)19-15-11(14)7-10(16)8-12(15)17/h7-8H,4-6H2,1-3H3,(H,18,19). The van der Waals surface area contributed by atoms with Gasteiger partial charge in [0.15, 0.2) is 0 Å². The van der Waals surface area contributed by atoms with Crippen molar-refractivity contribution < 1.29 is 0 Å². The molecule has 1 heterocycles. The summed E-state index contributed by atoms with van der Waals surface area (Å²) in [7, 11) is 0. The molecule has 4 heteroatoms. The zero-order valence-electron chi connectivity index (χ0n) is 11.5. The lowest BCUT2D eigenvalue weighted by Gasteiger charge is -2.16. The minimum Gasteiger partial charge on any atom is -0.384 e. The van der Waals surface area contributed by atoms with Crippen LogP contribution in [0.15, 0.2) is 16.6 Å². The van der Waals surface area contributed by atoms with E-state index in [1.54, 1.807) is 0 Å². The van der Waals surface area contributed by atoms with Gasteiger partial charge in [-0.1, -0.05) is 41.4 Å². The van der Waals surface area contributed by atoms with Crippen LogP contribution in [0.25, 0.3) is 10.9 Å². The minimum atomic E-state index is 0.693. The normalized spacial score (nSPS) is 11.0. The van der Waals surface area contributed by atoms with Gasteiger partial charge in [-0.2, -0.15) is 0 Å². The topological polar surface area (TPSA) is 24.9 Å². The maximum atomic E-state index is 6.33. The number of nitrogens with one attached hydrogen (secondary N) is 1. The summed E-state index contributed by atoms with van der Waals surface area (Å²) in [6, 6.07) is 3.98. The highest BCUT2D eigenvalue weighted by molar-refractivity contribution is 9.10. The lowest BCUT2D eigenvalue weighted by molar-refractivity contribution is 0.970. The molecule has 0 spiro atoms. The van der Waals surface area contributed by atoms with E-state index in [9.17, 15) is 0 Å². The summed E-state index contributed by atoms with van der Waals surface area (Å²) < 4.78 is 0.981. The van der Waals surface area contributed by atoms with Crippen LogP contribution in [0.2, 0.25) is 5.02 Å². The number of pyridine rings is 1. The van der Waals surface area contributed by atoms with E-state index in [0.29, 0.717) is 5.02 Å². The lowest BCUT2D eigenvalue weighted by atomic mass is 10.1. The van der Waals surface area contributed by atoms with Gasteiger partial charge in [0.25, 0.3) is 0 Å². The molecule has 0 unspecified atom stereocenters. The molecule has 2 nitrogen and oxygen atoms in total. The second-order valence-corrected chi connectivity index (χ2v) is 5.95. The summed E-state index contributed by atoms with van der Waals surface area (Å²) in [6.07, 6.45) is 2.00. The molecule has 0 saturated heterocycles. The van der Waals surface area contributed by atoms with Crippen LogP contribution in [0.4, 0.5) is 5.69 Å². The van der Waals surface area contributed by atoms with E-state index in [0.717, 1.165) is 46.1 Å². The predicted molar refractivity (Wildman–Crippen MR) is 87.3 cm³/mol. The first-order chi connectivity index (χ1) is 9.08. The van der Waals surface area contributed by atoms with Crippen LogP contribution in [0.5, 0.6) is 0 Å². The highest BCUT2D eigenvalue weighted by Crippen LogP contribution is 2.34. The molecular weight excluding hydrogens is 324 g/mol. The Hall–Kier alpha value is -0.800. The summed E-state index contributed by atoms with van der Waals surface area (Å²) in [5, 5.41) is 5.29. The molecule has 0 aliphatic carbocycles. The zero-order valence-corrected chi connectivity index (χ0v) is 13.8. The predicted octanol–water partition coefficient (Wildman–Crippen LogP) is 5.34. The summed E-state index contributed by atoms with van der Waals surface area (Å²) >= 11 is 9.84. The lowest BCUT2D eigenvalue weighted by Crippen LogP contribution is -2.06. The number of benzene rings is 1. The fourth-order valence-electron chi connectivity index (χ4n) is 2.26. The van der Waals surface area contributed by atoms with Crippen LogP contribution in [0, 0.1) is 6.92 Å². The first-order valence-corrected chi connectivity index (χ1v) is 7.77. The molecule has 0 bridgehead atoms. The molecule has 19 heavy (non-hydrogen) atoms. The molecule has 0 aliphatic heterocycles. The summed E-state index contributed by atoms with van der Waals surface area (Å²) in [6.45, 7) is 7.36. The van der Waals surface area contributed by atoms with Gasteiger partial charge in [0, 0.05) is 27.8 Å². The summed E-state index contributed by atoms with van der Waals surface area (Å²) in [4.78, 5) is 4.71. The van der Waals surface area contributed by atoms with E-state index in [-0.39, 0.29) is 0 Å². The van der Waals surface area contributed by atoms with E-state index >= 15 is 0 Å². The zero-order chi connectivity index (χ0) is 14.0. The molecule has 102 valence electrons. The average Bonchev–Trinajstić information content (AvgIpc) is 2.37. The number of hydrogen-bond donors (Lipinski definition) is 1. The van der Waals surface area contributed by atoms with Crippen molar-refractivity contribution >= 4 is 44.1 Å². The Morgan fingerprint density at radius 2 is 2.05 bits per heavy atom. The minimum absolute atomic E-state index is 0.693. The van der Waals surface area contributed by atoms with Crippen LogP contribution < -0.4 is 5.32 Å². The van der Waals surface area contributed by atoms with Crippen LogP contribution in [0.3, 0.4) is 0 Å². The van der Waals surface area contributed by atoms with E-state index < -0.39 is 0 Å². The summed E-state index contributed by atoms with van der Waals surface area (Å²) in [5.41, 5.74) is 4.37. The van der Waals surface area contributed by atoms with Gasteiger partial charge in [-0.3, -0.25) is 4.98 Å². The van der Waals surface area contributed by atoms with Crippen LogP contribution in [-0.2, 0) is 6.42 Å². The van der Waals surface area contributed by atoms with E-state index in [1.165, 1.54) is 5.56 Å². The maximum absolute atomic E-state index is 6.33. The van der Waals surface area contributed by atoms with Crippen LogP contribution in [-0.4, -0.2) is 11.5 Å². The molecule has 2 aromatic rings. The molecule has 0 atom stereocenters. The Balaban J connectivity index is 2.75. The first kappa shape index (κ1) is 14.6. The molecule has 1 aromatic carbocycles. The van der Waals surface area contributed by atoms with Gasteiger partial charge in [-0.25, -0.2) is 0 Å². The van der Waals surface area contributed by atoms with Crippen molar-refractivity contribution in [2.45, 2.75) is 33.6 Å². The fourth-order valence-corrected chi connectivity index (χ4v) is 3.11. The number of aryl methyl sites for hydroxylation is 1. The molecular formula is C15H18BrClN2. The third kappa shape index (κ3) is 2.87. The molecule has 0 fully saturated rings. The number of nitrogens with zero attached hydrogens (tertiary/aromatic N) is 1. The van der Waals surface area contributed by atoms with Crippen molar-refractivity contribution in [3.63, 3.8) is 0 Å². The van der Waals surface area contributed by atoms with Crippen molar-refractivity contribution in [2.75, 3.05) is 11.9 Å². The molecule has 0 saturated carbocycles. The Labute approximate surface area is 127 Å². The van der Waals surface area contributed by atoms with Gasteiger partial charge >= 0.3 is 0 Å². The highest BCUT2D eigenvalue weighted by atomic mass is 79.9. The Kier molecular flexibility index (Phi) is 4.69. The number of aromatic nitrogens is 1. The molecule has 1 aromatic heterocycles. The van der Waals surface area contributed by atoms with Gasteiger partial charge < -0.3 is 5.32 Å². The number of hydrogen-bond acceptors (Lipinski definition) is 2. The van der Waals surface area contributed by atoms with Crippen molar-refractivity contribution in [2.24, 2.45) is 0 Å². The van der Waals surface area contributed by atoms with Crippen LogP contribution in [0.1, 0.15) is 31.5 Å². The molecule has 0 aliphatic rings. The Bertz CT molecular complexity index is 611. The summed E-state index contributed by atoms with van der Waals surface area (Å²) in [5.74, 6) is 0. The number of anilines is 1. The number of halogens is 2. The monoisotopic (exact) mass is 340 g/mol. The molecule has 0 radical (unpaired) electrons. The van der Waals surface area contributed by atoms with E-state index in [4.69, 9.17) is 16.6 Å². The second-order valence-electron chi connectivity index (χ2n) is 4.62. The smallest absolute Gasteiger partial charge is 0.0913 e. The van der Waals surface area contributed by atoms with E-state index in [1.807, 2.05) is 6.07 Å². The van der Waals surface area contributed by atoms with Gasteiger partial charge in [-0.15, -0.1) is 0 Å². The largest absolute Gasteiger partial charge is 0.384 e. The third-order valence-corrected chi connectivity index (χ3v) is 3.98. The third-order valence-electron chi connectivity index (χ3n) is 3.24. The van der Waals surface area contributed by atoms with Crippen LogP contribution >= 0.6 is 27.5 Å². The Morgan fingerprint density at radius 3 is 2.68 bits per heavy atom. The SMILES string of the molecule is CCCNc1c(C)c(CC)nc2c(Cl)cc(Br)cc12. The molecule has 0 amide bonds. The van der Waals surface area contributed by atoms with Crippen molar-refractivity contribution in [1.29, 1.82) is 0 Å². The average molecular weight is 342 g/mol. The maximum Gasteiger partial charge on any atom is 0.0913 e. The van der Waals surface area contributed by atoms with Crippen molar-refractivity contribution in [1.82, 2.24) is 4.98 Å². The molecule has 2 rings (SSSR count). The first-order valence-electron chi connectivity index (χ1n) is 6.60. The molecule has 1 N–H and O–H groups in total.